The van der Waals surface area contributed by atoms with E-state index in [9.17, 15) is 10.2 Å². The van der Waals surface area contributed by atoms with Crippen molar-refractivity contribution < 1.29 is 19.7 Å². The van der Waals surface area contributed by atoms with Gasteiger partial charge in [0.05, 0.1) is 27.4 Å². The molecular formula is C27H38N2O4. The van der Waals surface area contributed by atoms with Gasteiger partial charge in [-0.1, -0.05) is 32.0 Å². The molecule has 33 heavy (non-hydrogen) atoms. The minimum Gasteiger partial charge on any atom is -0.493 e. The maximum absolute atomic E-state index is 9.51. The summed E-state index contributed by atoms with van der Waals surface area (Å²) in [6.45, 7) is 13.9. The van der Waals surface area contributed by atoms with Crippen LogP contribution in [-0.4, -0.2) is 49.5 Å². The van der Waals surface area contributed by atoms with E-state index >= 15 is 0 Å². The number of aliphatic hydroxyl groups is 2. The Bertz CT molecular complexity index is 938. The topological polar surface area (TPSA) is 66.5 Å². The number of benzene rings is 2. The predicted octanol–water partition coefficient (Wildman–Crippen LogP) is 4.41. The SMILES string of the molecule is [C-]#[N+]C(CCCN(C)CCc1ccc(CO)c(CO)c1)(c1ccc(OC)c(OC)c1)C(C)C. The maximum Gasteiger partial charge on any atom is 0.259 e. The second kappa shape index (κ2) is 12.6. The first-order chi connectivity index (χ1) is 15.8. The largest absolute Gasteiger partial charge is 0.493 e. The number of rotatable bonds is 13. The van der Waals surface area contributed by atoms with Crippen LogP contribution in [0.1, 0.15) is 48.9 Å². The standard InChI is InChI=1S/C27H38N2O4/c1-20(2)27(28-3,24-10-11-25(32-5)26(17-24)33-6)13-7-14-29(4)15-12-21-8-9-22(18-30)23(16-21)19-31/h8-11,16-17,20,30-31H,7,12-15,18-19H2,1-2,4-6H3. The van der Waals surface area contributed by atoms with E-state index in [1.165, 1.54) is 0 Å². The molecule has 2 rings (SSSR count). The van der Waals surface area contributed by atoms with Gasteiger partial charge in [0.2, 0.25) is 0 Å². The average Bonchev–Trinajstić information content (AvgIpc) is 2.84. The third-order valence-electron chi connectivity index (χ3n) is 6.53. The van der Waals surface area contributed by atoms with Gasteiger partial charge in [-0.05, 0) is 61.3 Å². The summed E-state index contributed by atoms with van der Waals surface area (Å²) < 4.78 is 10.8. The molecule has 6 nitrogen and oxygen atoms in total. The lowest BCUT2D eigenvalue weighted by Gasteiger charge is -2.28. The highest BCUT2D eigenvalue weighted by Crippen LogP contribution is 2.42. The Morgan fingerprint density at radius 3 is 2.24 bits per heavy atom. The van der Waals surface area contributed by atoms with Gasteiger partial charge in [-0.15, -0.1) is 0 Å². The number of aliphatic hydroxyl groups excluding tert-OH is 2. The molecule has 0 aliphatic rings. The highest BCUT2D eigenvalue weighted by atomic mass is 16.5. The lowest BCUT2D eigenvalue weighted by molar-refractivity contribution is 0.259. The van der Waals surface area contributed by atoms with Gasteiger partial charge in [-0.3, -0.25) is 0 Å². The van der Waals surface area contributed by atoms with Crippen LogP contribution in [0.5, 0.6) is 11.5 Å². The molecule has 0 aliphatic heterocycles. The number of nitrogens with zero attached hydrogens (tertiary/aromatic N) is 2. The maximum atomic E-state index is 9.51. The van der Waals surface area contributed by atoms with Gasteiger partial charge in [-0.2, -0.15) is 0 Å². The number of likely N-dealkylation sites (N-methyl/N-ethyl adjacent to an activating group) is 1. The Hall–Kier alpha value is -2.59. The zero-order valence-electron chi connectivity index (χ0n) is 20.6. The monoisotopic (exact) mass is 454 g/mol. The lowest BCUT2D eigenvalue weighted by atomic mass is 9.77. The zero-order chi connectivity index (χ0) is 24.4. The van der Waals surface area contributed by atoms with Crippen LogP contribution in [0, 0.1) is 12.5 Å². The fourth-order valence-electron chi connectivity index (χ4n) is 4.31. The van der Waals surface area contributed by atoms with Crippen LogP contribution in [-0.2, 0) is 25.2 Å². The van der Waals surface area contributed by atoms with Crippen molar-refractivity contribution in [3.05, 3.63) is 70.1 Å². The number of hydrogen-bond acceptors (Lipinski definition) is 5. The summed E-state index contributed by atoms with van der Waals surface area (Å²) in [6, 6.07) is 11.7. The molecule has 2 aromatic rings. The summed E-state index contributed by atoms with van der Waals surface area (Å²) in [6.07, 6.45) is 2.52. The van der Waals surface area contributed by atoms with Gasteiger partial charge in [0.15, 0.2) is 11.5 Å². The minimum atomic E-state index is -0.615. The Balaban J connectivity index is 2.02. The zero-order valence-corrected chi connectivity index (χ0v) is 20.6. The van der Waals surface area contributed by atoms with Crippen molar-refractivity contribution >= 4 is 0 Å². The van der Waals surface area contributed by atoms with Gasteiger partial charge in [0.1, 0.15) is 0 Å². The molecule has 6 heteroatoms. The van der Waals surface area contributed by atoms with Crippen LogP contribution in [0.3, 0.4) is 0 Å². The van der Waals surface area contributed by atoms with Crippen molar-refractivity contribution in [2.45, 2.75) is 51.9 Å². The first-order valence-electron chi connectivity index (χ1n) is 11.5. The lowest BCUT2D eigenvalue weighted by Crippen LogP contribution is -2.31. The van der Waals surface area contributed by atoms with E-state index in [4.69, 9.17) is 16.0 Å². The summed E-state index contributed by atoms with van der Waals surface area (Å²) in [4.78, 5) is 6.42. The molecule has 1 unspecified atom stereocenters. The fourth-order valence-corrected chi connectivity index (χ4v) is 4.31. The van der Waals surface area contributed by atoms with Crippen LogP contribution in [0.25, 0.3) is 4.85 Å². The molecule has 2 aromatic carbocycles. The Kier molecular flexibility index (Phi) is 10.2. The molecule has 0 amide bonds. The summed E-state index contributed by atoms with van der Waals surface area (Å²) >= 11 is 0. The molecule has 180 valence electrons. The Morgan fingerprint density at radius 2 is 1.67 bits per heavy atom. The van der Waals surface area contributed by atoms with E-state index in [2.05, 4.69) is 30.6 Å². The van der Waals surface area contributed by atoms with Gasteiger partial charge in [0.25, 0.3) is 5.54 Å². The van der Waals surface area contributed by atoms with Gasteiger partial charge < -0.3 is 29.4 Å². The summed E-state index contributed by atoms with van der Waals surface area (Å²) in [5, 5.41) is 18.9. The quantitative estimate of drug-likeness (QED) is 0.439. The van der Waals surface area contributed by atoms with E-state index < -0.39 is 5.54 Å². The van der Waals surface area contributed by atoms with E-state index in [1.807, 2.05) is 36.4 Å². The molecule has 0 saturated heterocycles. The van der Waals surface area contributed by atoms with Crippen LogP contribution < -0.4 is 9.47 Å². The smallest absolute Gasteiger partial charge is 0.259 e. The van der Waals surface area contributed by atoms with E-state index in [1.54, 1.807) is 14.2 Å². The molecule has 0 saturated carbocycles. The number of hydrogen-bond donors (Lipinski definition) is 2. The highest BCUT2D eigenvalue weighted by molar-refractivity contribution is 5.46. The van der Waals surface area contributed by atoms with Crippen molar-refractivity contribution in [2.24, 2.45) is 5.92 Å². The van der Waals surface area contributed by atoms with Gasteiger partial charge >= 0.3 is 0 Å². The van der Waals surface area contributed by atoms with Crippen molar-refractivity contribution in [1.29, 1.82) is 0 Å². The normalized spacial score (nSPS) is 13.1. The molecule has 2 N–H and O–H groups in total. The van der Waals surface area contributed by atoms with Crippen molar-refractivity contribution in [3.8, 4) is 11.5 Å². The molecule has 0 aliphatic carbocycles. The van der Waals surface area contributed by atoms with Crippen molar-refractivity contribution in [2.75, 3.05) is 34.4 Å². The van der Waals surface area contributed by atoms with Crippen LogP contribution in [0.15, 0.2) is 36.4 Å². The van der Waals surface area contributed by atoms with Crippen molar-refractivity contribution in [1.82, 2.24) is 4.90 Å². The van der Waals surface area contributed by atoms with E-state index in [-0.39, 0.29) is 19.1 Å². The van der Waals surface area contributed by atoms with E-state index in [0.29, 0.717) is 11.5 Å². The molecule has 0 aromatic heterocycles. The van der Waals surface area contributed by atoms with Gasteiger partial charge in [-0.25, -0.2) is 6.57 Å². The molecule has 1 atom stereocenters. The third kappa shape index (κ3) is 6.48. The predicted molar refractivity (Wildman–Crippen MR) is 131 cm³/mol. The molecule has 0 heterocycles. The van der Waals surface area contributed by atoms with Crippen LogP contribution in [0.2, 0.25) is 0 Å². The Morgan fingerprint density at radius 1 is 0.970 bits per heavy atom. The Labute approximate surface area is 198 Å². The molecule has 0 radical (unpaired) electrons. The fraction of sp³-hybridized carbons (Fsp3) is 0.519. The average molecular weight is 455 g/mol. The second-order valence-corrected chi connectivity index (χ2v) is 8.84. The minimum absolute atomic E-state index is 0.0607. The summed E-state index contributed by atoms with van der Waals surface area (Å²) in [5.41, 5.74) is 3.05. The third-order valence-corrected chi connectivity index (χ3v) is 6.53. The number of methoxy groups -OCH3 is 2. The molecule has 0 fully saturated rings. The number of ether oxygens (including phenoxy) is 2. The van der Waals surface area contributed by atoms with Gasteiger partial charge in [0, 0.05) is 24.4 Å². The van der Waals surface area contributed by atoms with Crippen LogP contribution in [0.4, 0.5) is 0 Å². The molecule has 0 spiro atoms. The first-order valence-corrected chi connectivity index (χ1v) is 11.5. The highest BCUT2D eigenvalue weighted by Gasteiger charge is 2.42. The molecular weight excluding hydrogens is 416 g/mol. The summed E-state index contributed by atoms with van der Waals surface area (Å²) in [7, 11) is 5.33. The first kappa shape index (κ1) is 26.7. The van der Waals surface area contributed by atoms with Crippen molar-refractivity contribution in [3.63, 3.8) is 0 Å². The molecule has 0 bridgehead atoms. The summed E-state index contributed by atoms with van der Waals surface area (Å²) in [5.74, 6) is 1.47. The van der Waals surface area contributed by atoms with E-state index in [0.717, 1.165) is 54.6 Å². The van der Waals surface area contributed by atoms with Crippen LogP contribution >= 0.6 is 0 Å². The second-order valence-electron chi connectivity index (χ2n) is 8.84.